The predicted octanol–water partition coefficient (Wildman–Crippen LogP) is 2.95. The van der Waals surface area contributed by atoms with Crippen LogP contribution in [0.5, 0.6) is 0 Å². The van der Waals surface area contributed by atoms with Crippen LogP contribution in [0.15, 0.2) is 12.1 Å². The number of carbonyl (C=O) groups excluding carboxylic acids is 1. The highest BCUT2D eigenvalue weighted by molar-refractivity contribution is 6.01. The summed E-state index contributed by atoms with van der Waals surface area (Å²) in [6.45, 7) is 7.47. The smallest absolute Gasteiger partial charge is 0.180 e. The van der Waals surface area contributed by atoms with Gasteiger partial charge in [0, 0.05) is 5.56 Å². The molecule has 0 saturated carbocycles. The number of rotatable bonds is 2. The average Bonchev–Trinajstić information content (AvgIpc) is 2.14. The molecule has 1 aromatic carbocycles. The molecule has 0 aromatic heterocycles. The van der Waals surface area contributed by atoms with Crippen molar-refractivity contribution >= 4 is 5.78 Å². The van der Waals surface area contributed by atoms with E-state index in [4.69, 9.17) is 5.26 Å². The molecule has 15 heavy (non-hydrogen) atoms. The van der Waals surface area contributed by atoms with Crippen molar-refractivity contribution < 1.29 is 4.79 Å². The lowest BCUT2D eigenvalue weighted by Gasteiger charge is -2.11. The van der Waals surface area contributed by atoms with E-state index in [0.29, 0.717) is 5.56 Å². The molecule has 0 saturated heterocycles. The van der Waals surface area contributed by atoms with Crippen LogP contribution in [0.3, 0.4) is 0 Å². The van der Waals surface area contributed by atoms with E-state index < -0.39 is 5.92 Å². The van der Waals surface area contributed by atoms with Crippen molar-refractivity contribution in [1.29, 1.82) is 5.26 Å². The lowest BCUT2D eigenvalue weighted by molar-refractivity contribution is 0.0955. The fourth-order valence-corrected chi connectivity index (χ4v) is 1.84. The summed E-state index contributed by atoms with van der Waals surface area (Å²) >= 11 is 0. The van der Waals surface area contributed by atoms with Crippen molar-refractivity contribution in [3.8, 4) is 6.07 Å². The van der Waals surface area contributed by atoms with Crippen LogP contribution in [0, 0.1) is 38.0 Å². The van der Waals surface area contributed by atoms with E-state index in [1.807, 2.05) is 39.0 Å². The summed E-state index contributed by atoms with van der Waals surface area (Å²) in [7, 11) is 0. The largest absolute Gasteiger partial charge is 0.293 e. The Morgan fingerprint density at radius 1 is 1.27 bits per heavy atom. The molecule has 0 radical (unpaired) electrons. The summed E-state index contributed by atoms with van der Waals surface area (Å²) in [5.74, 6) is -0.641. The van der Waals surface area contributed by atoms with Gasteiger partial charge < -0.3 is 0 Å². The molecule has 0 aliphatic carbocycles. The van der Waals surface area contributed by atoms with Gasteiger partial charge >= 0.3 is 0 Å². The number of hydrogen-bond acceptors (Lipinski definition) is 2. The summed E-state index contributed by atoms with van der Waals surface area (Å²) in [6, 6.07) is 5.94. The molecule has 0 heterocycles. The van der Waals surface area contributed by atoms with E-state index in [-0.39, 0.29) is 5.78 Å². The third-order valence-electron chi connectivity index (χ3n) is 2.51. The van der Waals surface area contributed by atoms with Crippen LogP contribution in [-0.2, 0) is 0 Å². The number of Topliss-reactive ketones (excluding diaryl/α,β-unsaturated/α-hetero) is 1. The maximum absolute atomic E-state index is 11.9. The Labute approximate surface area is 90.5 Å². The molecule has 0 N–H and O–H groups in total. The van der Waals surface area contributed by atoms with Gasteiger partial charge in [0.25, 0.3) is 0 Å². The fraction of sp³-hybridized carbons (Fsp3) is 0.385. The van der Waals surface area contributed by atoms with Crippen molar-refractivity contribution in [3.63, 3.8) is 0 Å². The molecule has 2 heteroatoms. The van der Waals surface area contributed by atoms with Gasteiger partial charge in [-0.2, -0.15) is 5.26 Å². The number of ketones is 1. The first-order chi connectivity index (χ1) is 6.97. The Balaban J connectivity index is 3.27. The van der Waals surface area contributed by atoms with Gasteiger partial charge in [-0.25, -0.2) is 0 Å². The van der Waals surface area contributed by atoms with Gasteiger partial charge in [-0.1, -0.05) is 17.7 Å². The van der Waals surface area contributed by atoms with Crippen LogP contribution in [0.2, 0.25) is 0 Å². The maximum atomic E-state index is 11.9. The zero-order valence-corrected chi connectivity index (χ0v) is 9.59. The molecule has 0 spiro atoms. The second-order valence-corrected chi connectivity index (χ2v) is 3.99. The van der Waals surface area contributed by atoms with Gasteiger partial charge in [0.2, 0.25) is 0 Å². The summed E-state index contributed by atoms with van der Waals surface area (Å²) in [5.41, 5.74) is 3.76. The van der Waals surface area contributed by atoms with Crippen LogP contribution >= 0.6 is 0 Å². The Kier molecular flexibility index (Phi) is 3.26. The number of nitrogens with zero attached hydrogens (tertiary/aromatic N) is 1. The molecular weight excluding hydrogens is 186 g/mol. The molecule has 2 nitrogen and oxygen atoms in total. The van der Waals surface area contributed by atoms with Crippen molar-refractivity contribution in [3.05, 3.63) is 34.4 Å². The summed E-state index contributed by atoms with van der Waals surface area (Å²) in [5, 5.41) is 8.73. The minimum Gasteiger partial charge on any atom is -0.293 e. The van der Waals surface area contributed by atoms with Gasteiger partial charge in [0.05, 0.1) is 6.07 Å². The second-order valence-electron chi connectivity index (χ2n) is 3.99. The number of aryl methyl sites for hydroxylation is 3. The van der Waals surface area contributed by atoms with Crippen LogP contribution in [0.25, 0.3) is 0 Å². The van der Waals surface area contributed by atoms with Crippen molar-refractivity contribution in [2.75, 3.05) is 0 Å². The minimum absolute atomic E-state index is 0.0764. The topological polar surface area (TPSA) is 40.9 Å². The van der Waals surface area contributed by atoms with Crippen molar-refractivity contribution in [2.24, 2.45) is 5.92 Å². The lowest BCUT2D eigenvalue weighted by atomic mass is 9.91. The summed E-state index contributed by atoms with van der Waals surface area (Å²) in [4.78, 5) is 11.9. The summed E-state index contributed by atoms with van der Waals surface area (Å²) in [6.07, 6.45) is 0. The van der Waals surface area contributed by atoms with Crippen LogP contribution in [-0.4, -0.2) is 5.78 Å². The molecule has 1 rings (SSSR count). The summed E-state index contributed by atoms with van der Waals surface area (Å²) < 4.78 is 0. The van der Waals surface area contributed by atoms with Gasteiger partial charge in [-0.15, -0.1) is 0 Å². The first-order valence-corrected chi connectivity index (χ1v) is 4.99. The Morgan fingerprint density at radius 3 is 2.13 bits per heavy atom. The monoisotopic (exact) mass is 201 g/mol. The zero-order valence-electron chi connectivity index (χ0n) is 9.59. The molecule has 1 aromatic rings. The van der Waals surface area contributed by atoms with E-state index >= 15 is 0 Å². The van der Waals surface area contributed by atoms with E-state index in [9.17, 15) is 4.79 Å². The molecule has 0 aliphatic heterocycles. The number of hydrogen-bond donors (Lipinski definition) is 0. The average molecular weight is 201 g/mol. The first-order valence-electron chi connectivity index (χ1n) is 4.99. The number of carbonyl (C=O) groups is 1. The highest BCUT2D eigenvalue weighted by Crippen LogP contribution is 2.19. The third-order valence-corrected chi connectivity index (χ3v) is 2.51. The quantitative estimate of drug-likeness (QED) is 0.690. The Morgan fingerprint density at radius 2 is 1.73 bits per heavy atom. The molecular formula is C13H15NO. The minimum atomic E-state index is -0.565. The zero-order chi connectivity index (χ0) is 11.6. The predicted molar refractivity (Wildman–Crippen MR) is 59.8 cm³/mol. The lowest BCUT2D eigenvalue weighted by Crippen LogP contribution is -2.12. The molecule has 1 unspecified atom stereocenters. The molecule has 1 atom stereocenters. The molecule has 0 amide bonds. The second kappa shape index (κ2) is 4.27. The van der Waals surface area contributed by atoms with Gasteiger partial charge in [-0.05, 0) is 38.8 Å². The number of nitriles is 1. The van der Waals surface area contributed by atoms with E-state index in [1.54, 1.807) is 6.92 Å². The van der Waals surface area contributed by atoms with Gasteiger partial charge in [-0.3, -0.25) is 4.79 Å². The van der Waals surface area contributed by atoms with E-state index in [1.165, 1.54) is 0 Å². The highest BCUT2D eigenvalue weighted by Gasteiger charge is 2.18. The maximum Gasteiger partial charge on any atom is 0.180 e. The van der Waals surface area contributed by atoms with Gasteiger partial charge in [0.15, 0.2) is 5.78 Å². The highest BCUT2D eigenvalue weighted by atomic mass is 16.1. The standard InChI is InChI=1S/C13H15NO/c1-8-5-9(2)12(10(3)6-8)13(15)11(4)7-14/h5-6,11H,1-4H3. The van der Waals surface area contributed by atoms with E-state index in [0.717, 1.165) is 16.7 Å². The SMILES string of the molecule is Cc1cc(C)c(C(=O)C(C)C#N)c(C)c1. The van der Waals surface area contributed by atoms with E-state index in [2.05, 4.69) is 0 Å². The number of benzene rings is 1. The first kappa shape index (κ1) is 11.5. The molecule has 78 valence electrons. The Bertz CT molecular complexity index is 417. The van der Waals surface area contributed by atoms with Crippen LogP contribution < -0.4 is 0 Å². The van der Waals surface area contributed by atoms with Crippen LogP contribution in [0.4, 0.5) is 0 Å². The third kappa shape index (κ3) is 2.24. The fourth-order valence-electron chi connectivity index (χ4n) is 1.84. The molecule has 0 fully saturated rings. The molecule has 0 aliphatic rings. The van der Waals surface area contributed by atoms with Gasteiger partial charge in [0.1, 0.15) is 5.92 Å². The van der Waals surface area contributed by atoms with Crippen LogP contribution in [0.1, 0.15) is 34.0 Å². The Hall–Kier alpha value is -1.62. The van der Waals surface area contributed by atoms with Crippen molar-refractivity contribution in [2.45, 2.75) is 27.7 Å². The normalized spacial score (nSPS) is 11.9. The molecule has 0 bridgehead atoms. The van der Waals surface area contributed by atoms with Crippen molar-refractivity contribution in [1.82, 2.24) is 0 Å².